The summed E-state index contributed by atoms with van der Waals surface area (Å²) in [4.78, 5) is 14.2. The highest BCUT2D eigenvalue weighted by atomic mass is 16.7. The van der Waals surface area contributed by atoms with Gasteiger partial charge in [0.05, 0.1) is 37.9 Å². The van der Waals surface area contributed by atoms with Gasteiger partial charge in [-0.3, -0.25) is 4.79 Å². The van der Waals surface area contributed by atoms with Crippen molar-refractivity contribution in [2.75, 3.05) is 26.4 Å². The molecule has 364 valence electrons. The van der Waals surface area contributed by atoms with Crippen LogP contribution in [0, 0.1) is 34.5 Å². The van der Waals surface area contributed by atoms with Gasteiger partial charge in [-0.05, 0) is 87.4 Å². The first-order valence-corrected chi connectivity index (χ1v) is 22.2. The van der Waals surface area contributed by atoms with Crippen LogP contribution in [-0.4, -0.2) is 214 Å². The number of ether oxygens (including phenoxy) is 6. The third-order valence-corrected chi connectivity index (χ3v) is 15.4. The van der Waals surface area contributed by atoms with Crippen LogP contribution < -0.4 is 0 Å². The number of esters is 1. The van der Waals surface area contributed by atoms with Crippen LogP contribution in [0.1, 0.15) is 71.6 Å². The zero-order valence-electron chi connectivity index (χ0n) is 35.7. The van der Waals surface area contributed by atoms with Crippen LogP contribution in [0.5, 0.6) is 0 Å². The monoisotopic (exact) mass is 910 g/mol. The minimum Gasteiger partial charge on any atom is -0.432 e. The molecule has 0 aromatic carbocycles. The molecule has 21 nitrogen and oxygen atoms in total. The van der Waals surface area contributed by atoms with Crippen LogP contribution in [-0.2, 0) is 33.2 Å². The first-order valence-electron chi connectivity index (χ1n) is 22.2. The third-order valence-electron chi connectivity index (χ3n) is 15.4. The molecule has 0 aromatic rings. The number of carbonyl (C=O) groups is 1. The smallest absolute Gasteiger partial charge is 0.314 e. The zero-order chi connectivity index (χ0) is 46.3. The van der Waals surface area contributed by atoms with Gasteiger partial charge in [0.15, 0.2) is 12.6 Å². The highest BCUT2D eigenvalue weighted by molar-refractivity contribution is 5.77. The Morgan fingerprint density at radius 1 is 0.746 bits per heavy atom. The standard InChI is InChI=1S/C42H70O21/c1-17-11-19-6-8-26-41(2,9-4-10-42(26,3)40(57)63-39-35(56)32(53)30(51)25(15-45)61-39)20(19)7-5-18(17)12-23(59-37-33(54)27(48)22(47)16-58-37)36(28(49)21(46)13-43)62-38-34(55)31(52)29(50)24(14-44)60-38/h18-39,43-56H,1,4-16H2,2-3H3/t18?,19?,20-,21?,22?,23?,24?,25?,26?,27?,28?,29?,30?,31?,32?,33?,34?,35?,36?,37?,38?,39?,41+,42-/m1/s1. The fourth-order valence-electron chi connectivity index (χ4n) is 11.6. The quantitative estimate of drug-likeness (QED) is 0.0578. The zero-order valence-corrected chi connectivity index (χ0v) is 35.7. The van der Waals surface area contributed by atoms with Crippen molar-refractivity contribution in [3.05, 3.63) is 12.2 Å². The molecule has 21 heteroatoms. The van der Waals surface area contributed by atoms with E-state index in [2.05, 4.69) is 13.5 Å². The molecular formula is C42H70O21. The lowest BCUT2D eigenvalue weighted by molar-refractivity contribution is -0.343. The topological polar surface area (TPSA) is 356 Å². The van der Waals surface area contributed by atoms with Crippen molar-refractivity contribution < 1.29 is 105 Å². The molecule has 6 rings (SSSR count). The highest BCUT2D eigenvalue weighted by Crippen LogP contribution is 2.64. The van der Waals surface area contributed by atoms with Crippen molar-refractivity contribution in [1.82, 2.24) is 0 Å². The summed E-state index contributed by atoms with van der Waals surface area (Å²) in [6.45, 7) is 5.56. The molecule has 14 N–H and O–H groups in total. The molecule has 0 amide bonds. The normalized spacial score (nSPS) is 47.9. The summed E-state index contributed by atoms with van der Waals surface area (Å²) in [5.74, 6) is -1.05. The number of hydrogen-bond donors (Lipinski definition) is 14. The molecule has 0 bridgehead atoms. The number of carbonyl (C=O) groups excluding carboxylic acids is 1. The van der Waals surface area contributed by atoms with Gasteiger partial charge < -0.3 is 99.9 Å². The van der Waals surface area contributed by atoms with E-state index in [9.17, 15) is 76.3 Å². The molecule has 3 aliphatic heterocycles. The summed E-state index contributed by atoms with van der Waals surface area (Å²) in [6, 6.07) is 0. The van der Waals surface area contributed by atoms with E-state index < -0.39 is 160 Å². The second-order valence-electron chi connectivity index (χ2n) is 19.2. The van der Waals surface area contributed by atoms with E-state index in [1.54, 1.807) is 0 Å². The lowest BCUT2D eigenvalue weighted by Crippen LogP contribution is -2.62. The molecule has 0 spiro atoms. The summed E-state index contributed by atoms with van der Waals surface area (Å²) in [6.07, 6.45) is -25.6. The molecule has 3 aliphatic carbocycles. The van der Waals surface area contributed by atoms with Crippen LogP contribution in [0.3, 0.4) is 0 Å². The van der Waals surface area contributed by atoms with E-state index in [4.69, 9.17) is 28.4 Å². The van der Waals surface area contributed by atoms with Crippen LogP contribution in [0.25, 0.3) is 0 Å². The Kier molecular flexibility index (Phi) is 16.8. The summed E-state index contributed by atoms with van der Waals surface area (Å²) in [5, 5.41) is 146. The van der Waals surface area contributed by atoms with Crippen LogP contribution >= 0.6 is 0 Å². The Balaban J connectivity index is 1.25. The minimum absolute atomic E-state index is 0.0515. The maximum Gasteiger partial charge on any atom is 0.314 e. The maximum atomic E-state index is 14.2. The van der Waals surface area contributed by atoms with Crippen molar-refractivity contribution >= 4 is 5.97 Å². The van der Waals surface area contributed by atoms with Crippen LogP contribution in [0.4, 0.5) is 0 Å². The Hall–Kier alpha value is -1.55. The van der Waals surface area contributed by atoms with Gasteiger partial charge in [0, 0.05) is 0 Å². The van der Waals surface area contributed by atoms with E-state index in [-0.39, 0.29) is 24.2 Å². The van der Waals surface area contributed by atoms with Gasteiger partial charge in [-0.1, -0.05) is 25.5 Å². The van der Waals surface area contributed by atoms with Crippen molar-refractivity contribution in [3.8, 4) is 0 Å². The second-order valence-corrected chi connectivity index (χ2v) is 19.2. The fraction of sp³-hybridized carbons (Fsp3) is 0.929. The Labute approximate surface area is 365 Å². The highest BCUT2D eigenvalue weighted by Gasteiger charge is 2.60. The Morgan fingerprint density at radius 3 is 1.97 bits per heavy atom. The number of aliphatic hydroxyl groups excluding tert-OH is 14. The predicted octanol–water partition coefficient (Wildman–Crippen LogP) is -4.36. The molecule has 0 aromatic heterocycles. The van der Waals surface area contributed by atoms with Gasteiger partial charge in [-0.2, -0.15) is 0 Å². The van der Waals surface area contributed by atoms with Crippen molar-refractivity contribution in [3.63, 3.8) is 0 Å². The summed E-state index contributed by atoms with van der Waals surface area (Å²) >= 11 is 0. The fourth-order valence-corrected chi connectivity index (χ4v) is 11.6. The summed E-state index contributed by atoms with van der Waals surface area (Å²) in [5.41, 5.74) is -0.637. The Bertz CT molecular complexity index is 1520. The van der Waals surface area contributed by atoms with Crippen LogP contribution in [0.2, 0.25) is 0 Å². The van der Waals surface area contributed by atoms with Crippen molar-refractivity contribution in [1.29, 1.82) is 0 Å². The molecule has 24 atom stereocenters. The average molecular weight is 911 g/mol. The molecule has 6 fully saturated rings. The Morgan fingerprint density at radius 2 is 1.35 bits per heavy atom. The number of hydrogen-bond acceptors (Lipinski definition) is 21. The minimum atomic E-state index is -1.99. The molecular weight excluding hydrogens is 840 g/mol. The van der Waals surface area contributed by atoms with Gasteiger partial charge in [0.1, 0.15) is 85.5 Å². The second kappa shape index (κ2) is 20.8. The molecule has 0 radical (unpaired) electrons. The molecule has 63 heavy (non-hydrogen) atoms. The van der Waals surface area contributed by atoms with Gasteiger partial charge in [0.2, 0.25) is 6.29 Å². The van der Waals surface area contributed by atoms with Gasteiger partial charge in [-0.25, -0.2) is 0 Å². The lowest BCUT2D eigenvalue weighted by atomic mass is 9.45. The third kappa shape index (κ3) is 10.0. The van der Waals surface area contributed by atoms with Gasteiger partial charge in [0.25, 0.3) is 0 Å². The molecule has 3 saturated carbocycles. The van der Waals surface area contributed by atoms with E-state index in [1.165, 1.54) is 0 Å². The van der Waals surface area contributed by atoms with Crippen molar-refractivity contribution in [2.45, 2.75) is 182 Å². The first-order chi connectivity index (χ1) is 29.7. The molecule has 21 unspecified atom stereocenters. The number of fused-ring (bicyclic) bond motifs is 3. The summed E-state index contributed by atoms with van der Waals surface area (Å²) < 4.78 is 34.7. The number of aliphatic hydroxyl groups is 14. The molecule has 3 heterocycles. The number of allylic oxidation sites excluding steroid dienone is 1. The van der Waals surface area contributed by atoms with Crippen LogP contribution in [0.15, 0.2) is 12.2 Å². The van der Waals surface area contributed by atoms with E-state index in [0.29, 0.717) is 44.9 Å². The van der Waals surface area contributed by atoms with Gasteiger partial charge >= 0.3 is 5.97 Å². The van der Waals surface area contributed by atoms with Gasteiger partial charge in [-0.15, -0.1) is 0 Å². The SMILES string of the molecule is C=C1CC2CCC3[C@](C)(C(=O)OC4OC(CO)C(O)C(O)C4O)CCC[C@@]3(C)[C@@H]2CCC1CC(OC1OCC(O)C(O)C1O)C(OC1OC(CO)C(O)C(O)C1O)C(O)C(O)CO. The largest absolute Gasteiger partial charge is 0.432 e. The van der Waals surface area contributed by atoms with E-state index in [0.717, 1.165) is 12.0 Å². The average Bonchev–Trinajstić information content (AvgIpc) is 3.42. The number of rotatable bonds is 14. The first kappa shape index (κ1) is 50.9. The van der Waals surface area contributed by atoms with Crippen molar-refractivity contribution in [2.24, 2.45) is 34.5 Å². The van der Waals surface area contributed by atoms with E-state index >= 15 is 0 Å². The van der Waals surface area contributed by atoms with E-state index in [1.807, 2.05) is 6.92 Å². The molecule has 3 saturated heterocycles. The maximum absolute atomic E-state index is 14.2. The lowest BCUT2D eigenvalue weighted by Gasteiger charge is -2.59. The summed E-state index contributed by atoms with van der Waals surface area (Å²) in [7, 11) is 0. The predicted molar refractivity (Wildman–Crippen MR) is 211 cm³/mol. The molecule has 6 aliphatic rings.